The summed E-state index contributed by atoms with van der Waals surface area (Å²) in [7, 11) is -3.00. The van der Waals surface area contributed by atoms with E-state index in [0.717, 1.165) is 4.88 Å². The Hall–Kier alpha value is -0.990. The number of nitrogens with one attached hydrogen (secondary N) is 2. The molecular weight excluding hydrogens is 274 g/mol. The molecule has 0 aromatic carbocycles. The molecule has 1 aromatic rings. The number of aromatic nitrogens is 1. The van der Waals surface area contributed by atoms with Crippen molar-refractivity contribution in [1.29, 1.82) is 0 Å². The van der Waals surface area contributed by atoms with E-state index in [1.165, 1.54) is 11.3 Å². The zero-order valence-electron chi connectivity index (χ0n) is 9.97. The van der Waals surface area contributed by atoms with Crippen molar-refractivity contribution in [3.05, 3.63) is 11.1 Å². The second kappa shape index (κ2) is 5.33. The number of nitrogens with zero attached hydrogens (tertiary/aromatic N) is 1. The maximum Gasteiger partial charge on any atom is 0.227 e. The Morgan fingerprint density at radius 1 is 1.67 bits per heavy atom. The Balaban J connectivity index is 1.88. The van der Waals surface area contributed by atoms with Gasteiger partial charge >= 0.3 is 0 Å². The predicted octanol–water partition coefficient (Wildman–Crippen LogP) is 0.167. The second-order valence-corrected chi connectivity index (χ2v) is 7.76. The summed E-state index contributed by atoms with van der Waals surface area (Å²) in [5.41, 5.74) is 0. The van der Waals surface area contributed by atoms with Crippen LogP contribution in [-0.4, -0.2) is 43.4 Å². The van der Waals surface area contributed by atoms with Gasteiger partial charge in [-0.1, -0.05) is 0 Å². The molecular formula is C10H15N3O3S2. The van der Waals surface area contributed by atoms with Gasteiger partial charge in [-0.2, -0.15) is 0 Å². The molecule has 1 amide bonds. The number of carbonyl (C=O) groups excluding carboxylic acids is 1. The first kappa shape index (κ1) is 13.4. The molecule has 0 bridgehead atoms. The minimum absolute atomic E-state index is 0.0251. The van der Waals surface area contributed by atoms with Crippen LogP contribution < -0.4 is 10.6 Å². The molecule has 0 radical (unpaired) electrons. The van der Waals surface area contributed by atoms with Crippen molar-refractivity contribution < 1.29 is 13.2 Å². The van der Waals surface area contributed by atoms with E-state index in [0.29, 0.717) is 11.7 Å². The van der Waals surface area contributed by atoms with Gasteiger partial charge in [0.1, 0.15) is 0 Å². The monoisotopic (exact) mass is 289 g/mol. The van der Waals surface area contributed by atoms with Gasteiger partial charge < -0.3 is 10.6 Å². The van der Waals surface area contributed by atoms with Crippen LogP contribution in [0.25, 0.3) is 0 Å². The molecule has 0 spiro atoms. The standard InChI is InChI=1S/C10H15N3O3S2/c1-7-5-12-10(17-7)13-9(14)4-8-6-18(15,16)3-2-11-8/h5,8,11H,2-4,6H2,1H3,(H,12,13,14). The van der Waals surface area contributed by atoms with Crippen LogP contribution in [0.2, 0.25) is 0 Å². The fourth-order valence-electron chi connectivity index (χ4n) is 1.81. The van der Waals surface area contributed by atoms with E-state index in [1.807, 2.05) is 6.92 Å². The van der Waals surface area contributed by atoms with Gasteiger partial charge in [0.05, 0.1) is 11.5 Å². The van der Waals surface area contributed by atoms with E-state index < -0.39 is 9.84 Å². The smallest absolute Gasteiger partial charge is 0.227 e. The zero-order chi connectivity index (χ0) is 13.2. The van der Waals surface area contributed by atoms with Crippen LogP contribution in [0.15, 0.2) is 6.20 Å². The number of sulfone groups is 1. The summed E-state index contributed by atoms with van der Waals surface area (Å²) in [4.78, 5) is 16.8. The first-order chi connectivity index (χ1) is 8.44. The molecule has 1 aromatic heterocycles. The van der Waals surface area contributed by atoms with Gasteiger partial charge in [-0.15, -0.1) is 11.3 Å². The summed E-state index contributed by atoms with van der Waals surface area (Å²) in [6, 6.07) is -0.301. The van der Waals surface area contributed by atoms with Crippen LogP contribution in [0.3, 0.4) is 0 Å². The zero-order valence-corrected chi connectivity index (χ0v) is 11.6. The first-order valence-electron chi connectivity index (χ1n) is 5.61. The van der Waals surface area contributed by atoms with Crippen molar-refractivity contribution in [1.82, 2.24) is 10.3 Å². The van der Waals surface area contributed by atoms with E-state index in [9.17, 15) is 13.2 Å². The maximum absolute atomic E-state index is 11.7. The second-order valence-electron chi connectivity index (χ2n) is 4.29. The first-order valence-corrected chi connectivity index (χ1v) is 8.24. The number of hydrogen-bond acceptors (Lipinski definition) is 6. The molecule has 1 fully saturated rings. The fraction of sp³-hybridized carbons (Fsp3) is 0.600. The van der Waals surface area contributed by atoms with Crippen molar-refractivity contribution in [3.8, 4) is 0 Å². The van der Waals surface area contributed by atoms with Crippen LogP contribution in [0.5, 0.6) is 0 Å². The van der Waals surface area contributed by atoms with Gasteiger partial charge in [0.25, 0.3) is 0 Å². The molecule has 100 valence electrons. The molecule has 2 rings (SSSR count). The van der Waals surface area contributed by atoms with Gasteiger partial charge in [0, 0.05) is 30.1 Å². The maximum atomic E-state index is 11.7. The molecule has 0 aliphatic carbocycles. The van der Waals surface area contributed by atoms with E-state index in [-0.39, 0.29) is 29.9 Å². The average Bonchev–Trinajstić information content (AvgIpc) is 2.62. The largest absolute Gasteiger partial charge is 0.311 e. The fourth-order valence-corrected chi connectivity index (χ4v) is 3.93. The lowest BCUT2D eigenvalue weighted by molar-refractivity contribution is -0.116. The third kappa shape index (κ3) is 3.76. The van der Waals surface area contributed by atoms with Crippen molar-refractivity contribution in [2.75, 3.05) is 23.4 Å². The molecule has 1 aliphatic rings. The Morgan fingerprint density at radius 3 is 3.06 bits per heavy atom. The summed E-state index contributed by atoms with van der Waals surface area (Å²) >= 11 is 1.40. The molecule has 1 unspecified atom stereocenters. The number of thiazole rings is 1. The number of carbonyl (C=O) groups is 1. The lowest BCUT2D eigenvalue weighted by Crippen LogP contribution is -2.46. The minimum atomic E-state index is -3.00. The Bertz CT molecular complexity index is 538. The normalized spacial score (nSPS) is 22.6. The van der Waals surface area contributed by atoms with E-state index in [4.69, 9.17) is 0 Å². The SMILES string of the molecule is Cc1cnc(NC(=O)CC2CS(=O)(=O)CCN2)s1. The van der Waals surface area contributed by atoms with E-state index in [1.54, 1.807) is 6.20 Å². The molecule has 6 nitrogen and oxygen atoms in total. The molecule has 8 heteroatoms. The van der Waals surface area contributed by atoms with Gasteiger partial charge in [-0.25, -0.2) is 13.4 Å². The molecule has 18 heavy (non-hydrogen) atoms. The van der Waals surface area contributed by atoms with Gasteiger partial charge in [0.2, 0.25) is 5.91 Å². The Labute approximate surface area is 110 Å². The summed E-state index contributed by atoms with van der Waals surface area (Å²) in [5, 5.41) is 6.26. The van der Waals surface area contributed by atoms with Crippen LogP contribution in [-0.2, 0) is 14.6 Å². The number of anilines is 1. The lowest BCUT2D eigenvalue weighted by atomic mass is 10.2. The van der Waals surface area contributed by atoms with Gasteiger partial charge in [0.15, 0.2) is 15.0 Å². The number of rotatable bonds is 3. The van der Waals surface area contributed by atoms with Crippen molar-refractivity contribution >= 4 is 32.2 Å². The molecule has 1 aliphatic heterocycles. The molecule has 1 atom stereocenters. The minimum Gasteiger partial charge on any atom is -0.311 e. The van der Waals surface area contributed by atoms with Crippen LogP contribution in [0.1, 0.15) is 11.3 Å². The third-order valence-electron chi connectivity index (χ3n) is 2.60. The van der Waals surface area contributed by atoms with Crippen molar-refractivity contribution in [2.45, 2.75) is 19.4 Å². The highest BCUT2D eigenvalue weighted by atomic mass is 32.2. The highest BCUT2D eigenvalue weighted by Gasteiger charge is 2.26. The lowest BCUT2D eigenvalue weighted by Gasteiger charge is -2.22. The van der Waals surface area contributed by atoms with Crippen LogP contribution in [0, 0.1) is 6.92 Å². The predicted molar refractivity (Wildman–Crippen MR) is 70.5 cm³/mol. The molecule has 2 heterocycles. The summed E-state index contributed by atoms with van der Waals surface area (Å²) in [6.07, 6.45) is 1.83. The average molecular weight is 289 g/mol. The number of hydrogen-bond donors (Lipinski definition) is 2. The van der Waals surface area contributed by atoms with Gasteiger partial charge in [-0.05, 0) is 6.92 Å². The van der Waals surface area contributed by atoms with Crippen molar-refractivity contribution in [3.63, 3.8) is 0 Å². The topological polar surface area (TPSA) is 88.2 Å². The highest BCUT2D eigenvalue weighted by Crippen LogP contribution is 2.17. The number of aryl methyl sites for hydroxylation is 1. The summed E-state index contributed by atoms with van der Waals surface area (Å²) < 4.78 is 22.8. The number of amides is 1. The molecule has 0 saturated carbocycles. The molecule has 2 N–H and O–H groups in total. The van der Waals surface area contributed by atoms with E-state index >= 15 is 0 Å². The third-order valence-corrected chi connectivity index (χ3v) is 5.17. The highest BCUT2D eigenvalue weighted by molar-refractivity contribution is 7.91. The summed E-state index contributed by atoms with van der Waals surface area (Å²) in [6.45, 7) is 2.32. The van der Waals surface area contributed by atoms with E-state index in [2.05, 4.69) is 15.6 Å². The molecule has 1 saturated heterocycles. The van der Waals surface area contributed by atoms with Gasteiger partial charge in [-0.3, -0.25) is 4.79 Å². The van der Waals surface area contributed by atoms with Crippen LogP contribution >= 0.6 is 11.3 Å². The van der Waals surface area contributed by atoms with Crippen molar-refractivity contribution in [2.24, 2.45) is 0 Å². The summed E-state index contributed by atoms with van der Waals surface area (Å²) in [5.74, 6) is -0.0346. The van der Waals surface area contributed by atoms with Crippen LogP contribution in [0.4, 0.5) is 5.13 Å². The quantitative estimate of drug-likeness (QED) is 0.828. The Kier molecular flexibility index (Phi) is 3.98. The Morgan fingerprint density at radius 2 is 2.44 bits per heavy atom.